The van der Waals surface area contributed by atoms with Gasteiger partial charge in [-0.2, -0.15) is 5.10 Å². The molecule has 4 aromatic rings. The van der Waals surface area contributed by atoms with Crippen LogP contribution in [0.1, 0.15) is 47.8 Å². The summed E-state index contributed by atoms with van der Waals surface area (Å²) in [5.74, 6) is -0.705. The summed E-state index contributed by atoms with van der Waals surface area (Å²) < 4.78 is 17.0. The molecule has 2 aliphatic heterocycles. The molecule has 3 aromatic carbocycles. The van der Waals surface area contributed by atoms with Gasteiger partial charge in [-0.1, -0.05) is 30.3 Å². The lowest BCUT2D eigenvalue weighted by atomic mass is 9.96. The molecule has 4 N–H and O–H groups in total. The van der Waals surface area contributed by atoms with Gasteiger partial charge in [-0.05, 0) is 85.8 Å². The zero-order valence-corrected chi connectivity index (χ0v) is 22.7. The second-order valence-corrected chi connectivity index (χ2v) is 11.2. The second-order valence-electron chi connectivity index (χ2n) is 11.2. The molecular weight excluding hydrogens is 507 g/mol. The van der Waals surface area contributed by atoms with E-state index in [2.05, 4.69) is 33.4 Å². The molecule has 0 bridgehead atoms. The summed E-state index contributed by atoms with van der Waals surface area (Å²) in [6.07, 6.45) is 2.78. The summed E-state index contributed by atoms with van der Waals surface area (Å²) in [4.78, 5) is 25.1. The average molecular weight is 539 g/mol. The summed E-state index contributed by atoms with van der Waals surface area (Å²) in [7, 11) is 0. The predicted octanol–water partition coefficient (Wildman–Crippen LogP) is 5.64. The number of anilines is 2. The molecule has 9 heteroatoms. The van der Waals surface area contributed by atoms with Crippen LogP contribution >= 0.6 is 0 Å². The Hall–Kier alpha value is -4.50. The summed E-state index contributed by atoms with van der Waals surface area (Å²) >= 11 is 0. The number of nitrogens with zero attached hydrogens (tertiary/aromatic N) is 2. The third kappa shape index (κ3) is 4.84. The Morgan fingerprint density at radius 3 is 2.52 bits per heavy atom. The standard InChI is InChI=1S/C31H31FN6O2/c1-31(2,3)38-17-27(28(37-38)20-8-7-18-11-12-33-15-21(18)13-20)36-30(40)35-26-10-9-19(14-25(26)32)22-5-4-6-23-24(22)16-34-29(23)39/h4-10,13-14,17,33H,11-12,15-16H2,1-3H3,(H,34,39)(H2,35,36,40). The molecular formula is C31H31FN6O2. The maximum absolute atomic E-state index is 15.2. The van der Waals surface area contributed by atoms with Crippen molar-refractivity contribution in [1.82, 2.24) is 20.4 Å². The Morgan fingerprint density at radius 1 is 0.950 bits per heavy atom. The number of halogens is 1. The van der Waals surface area contributed by atoms with E-state index in [1.54, 1.807) is 24.4 Å². The molecule has 0 aliphatic carbocycles. The SMILES string of the molecule is CC(C)(C)n1cc(NC(=O)Nc2ccc(-c3cccc4c3CNC4=O)cc2F)c(-c2ccc3c(c2)CNCC3)n1. The fraction of sp³-hybridized carbons (Fsp3) is 0.258. The Labute approximate surface area is 232 Å². The summed E-state index contributed by atoms with van der Waals surface area (Å²) in [6, 6.07) is 15.7. The molecule has 1 aromatic heterocycles. The normalized spacial score (nSPS) is 14.3. The molecule has 204 valence electrons. The van der Waals surface area contributed by atoms with Crippen molar-refractivity contribution < 1.29 is 14.0 Å². The van der Waals surface area contributed by atoms with Crippen molar-refractivity contribution in [1.29, 1.82) is 0 Å². The van der Waals surface area contributed by atoms with Crippen LogP contribution in [0.3, 0.4) is 0 Å². The molecule has 6 rings (SSSR count). The number of rotatable bonds is 4. The van der Waals surface area contributed by atoms with E-state index in [9.17, 15) is 9.59 Å². The van der Waals surface area contributed by atoms with E-state index in [1.165, 1.54) is 23.3 Å². The Bertz CT molecular complexity index is 1650. The van der Waals surface area contributed by atoms with Crippen molar-refractivity contribution >= 4 is 23.3 Å². The van der Waals surface area contributed by atoms with E-state index in [-0.39, 0.29) is 17.1 Å². The maximum Gasteiger partial charge on any atom is 0.323 e. The van der Waals surface area contributed by atoms with Crippen LogP contribution in [0.2, 0.25) is 0 Å². The van der Waals surface area contributed by atoms with Gasteiger partial charge in [0.25, 0.3) is 5.91 Å². The van der Waals surface area contributed by atoms with Gasteiger partial charge in [-0.15, -0.1) is 0 Å². The fourth-order valence-corrected chi connectivity index (χ4v) is 5.23. The topological polar surface area (TPSA) is 100 Å². The van der Waals surface area contributed by atoms with Gasteiger partial charge in [0.1, 0.15) is 11.5 Å². The minimum absolute atomic E-state index is 0.0487. The fourth-order valence-electron chi connectivity index (χ4n) is 5.23. The number of hydrogen-bond donors (Lipinski definition) is 4. The third-order valence-electron chi connectivity index (χ3n) is 7.39. The first-order valence-electron chi connectivity index (χ1n) is 13.4. The van der Waals surface area contributed by atoms with Crippen LogP contribution in [0.4, 0.5) is 20.6 Å². The summed E-state index contributed by atoms with van der Waals surface area (Å²) in [5, 5.41) is 16.5. The van der Waals surface area contributed by atoms with E-state index in [0.717, 1.165) is 36.2 Å². The van der Waals surface area contributed by atoms with Crippen molar-refractivity contribution in [2.24, 2.45) is 0 Å². The number of urea groups is 1. The quantitative estimate of drug-likeness (QED) is 0.270. The van der Waals surface area contributed by atoms with Crippen molar-refractivity contribution in [3.05, 3.63) is 88.9 Å². The number of fused-ring (bicyclic) bond motifs is 2. The lowest BCUT2D eigenvalue weighted by Crippen LogP contribution is -2.23. The van der Waals surface area contributed by atoms with Gasteiger partial charge in [-0.25, -0.2) is 9.18 Å². The molecule has 0 unspecified atom stereocenters. The summed E-state index contributed by atoms with van der Waals surface area (Å²) in [6.45, 7) is 8.26. The van der Waals surface area contributed by atoms with E-state index >= 15 is 4.39 Å². The van der Waals surface area contributed by atoms with Gasteiger partial charge in [0.15, 0.2) is 0 Å². The lowest BCUT2D eigenvalue weighted by Gasteiger charge is -2.19. The van der Waals surface area contributed by atoms with Crippen molar-refractivity contribution in [2.45, 2.75) is 45.8 Å². The van der Waals surface area contributed by atoms with Gasteiger partial charge in [0, 0.05) is 30.4 Å². The van der Waals surface area contributed by atoms with Crippen LogP contribution in [0.25, 0.3) is 22.4 Å². The van der Waals surface area contributed by atoms with Gasteiger partial charge < -0.3 is 21.3 Å². The molecule has 0 fully saturated rings. The van der Waals surface area contributed by atoms with E-state index in [0.29, 0.717) is 29.1 Å². The zero-order valence-electron chi connectivity index (χ0n) is 22.7. The van der Waals surface area contributed by atoms with Crippen LogP contribution in [0.5, 0.6) is 0 Å². The van der Waals surface area contributed by atoms with Crippen LogP contribution in [-0.4, -0.2) is 28.3 Å². The van der Waals surface area contributed by atoms with E-state index in [1.807, 2.05) is 37.6 Å². The Balaban J connectivity index is 1.25. The highest BCUT2D eigenvalue weighted by Crippen LogP contribution is 2.33. The molecule has 3 amide bonds. The molecule has 2 aliphatic rings. The summed E-state index contributed by atoms with van der Waals surface area (Å²) in [5.41, 5.74) is 7.21. The van der Waals surface area contributed by atoms with Crippen molar-refractivity contribution in [3.8, 4) is 22.4 Å². The number of hydrogen-bond acceptors (Lipinski definition) is 4. The highest BCUT2D eigenvalue weighted by Gasteiger charge is 2.24. The zero-order chi connectivity index (χ0) is 28.0. The first-order valence-corrected chi connectivity index (χ1v) is 13.4. The highest BCUT2D eigenvalue weighted by atomic mass is 19.1. The second kappa shape index (κ2) is 9.91. The molecule has 0 saturated carbocycles. The minimum Gasteiger partial charge on any atom is -0.348 e. The van der Waals surface area contributed by atoms with Gasteiger partial charge >= 0.3 is 6.03 Å². The lowest BCUT2D eigenvalue weighted by molar-refractivity contribution is 0.0965. The molecule has 0 saturated heterocycles. The molecule has 0 atom stereocenters. The smallest absolute Gasteiger partial charge is 0.323 e. The number of amides is 3. The minimum atomic E-state index is -0.574. The third-order valence-corrected chi connectivity index (χ3v) is 7.39. The predicted molar refractivity (Wildman–Crippen MR) is 154 cm³/mol. The van der Waals surface area contributed by atoms with Gasteiger partial charge in [0.05, 0.1) is 16.9 Å². The Morgan fingerprint density at radius 2 is 1.73 bits per heavy atom. The van der Waals surface area contributed by atoms with Crippen LogP contribution in [0.15, 0.2) is 60.8 Å². The van der Waals surface area contributed by atoms with Crippen molar-refractivity contribution in [2.75, 3.05) is 17.2 Å². The van der Waals surface area contributed by atoms with Gasteiger partial charge in [-0.3, -0.25) is 9.48 Å². The molecule has 3 heterocycles. The maximum atomic E-state index is 15.2. The number of aromatic nitrogens is 2. The number of benzene rings is 3. The first kappa shape index (κ1) is 25.8. The monoisotopic (exact) mass is 538 g/mol. The number of nitrogens with one attached hydrogen (secondary N) is 4. The van der Waals surface area contributed by atoms with E-state index < -0.39 is 11.8 Å². The van der Waals surface area contributed by atoms with Gasteiger partial charge in [0.2, 0.25) is 0 Å². The van der Waals surface area contributed by atoms with Crippen molar-refractivity contribution in [3.63, 3.8) is 0 Å². The molecule has 40 heavy (non-hydrogen) atoms. The highest BCUT2D eigenvalue weighted by molar-refractivity contribution is 6.02. The Kier molecular flexibility index (Phi) is 6.38. The van der Waals surface area contributed by atoms with Crippen LogP contribution < -0.4 is 21.3 Å². The van der Waals surface area contributed by atoms with Crippen LogP contribution in [0, 0.1) is 5.82 Å². The molecule has 0 spiro atoms. The largest absolute Gasteiger partial charge is 0.348 e. The van der Waals surface area contributed by atoms with E-state index in [4.69, 9.17) is 5.10 Å². The molecule has 8 nitrogen and oxygen atoms in total. The van der Waals surface area contributed by atoms with Crippen LogP contribution in [-0.2, 0) is 25.0 Å². The number of carbonyl (C=O) groups excluding carboxylic acids is 2. The number of carbonyl (C=O) groups is 2. The molecule has 0 radical (unpaired) electrons. The average Bonchev–Trinajstić information content (AvgIpc) is 3.53. The first-order chi connectivity index (χ1) is 19.2.